The highest BCUT2D eigenvalue weighted by molar-refractivity contribution is 5.87. The molecule has 5 aliphatic carbocycles. The van der Waals surface area contributed by atoms with E-state index in [0.29, 0.717) is 5.92 Å². The molecular formula is C19H29NO. The van der Waals surface area contributed by atoms with Gasteiger partial charge in [0.1, 0.15) is 0 Å². The Hall–Kier alpha value is -0.790. The highest BCUT2D eigenvalue weighted by atomic mass is 16.1. The third-order valence-electron chi connectivity index (χ3n) is 7.49. The molecule has 1 N–H and O–H groups in total. The van der Waals surface area contributed by atoms with E-state index in [9.17, 15) is 4.79 Å². The summed E-state index contributed by atoms with van der Waals surface area (Å²) in [6, 6.07) is 0. The van der Waals surface area contributed by atoms with Gasteiger partial charge in [-0.1, -0.05) is 26.3 Å². The Morgan fingerprint density at radius 2 is 1.71 bits per heavy atom. The summed E-state index contributed by atoms with van der Waals surface area (Å²) in [4.78, 5) is 12.2. The molecule has 5 fully saturated rings. The zero-order valence-corrected chi connectivity index (χ0v) is 13.3. The summed E-state index contributed by atoms with van der Waals surface area (Å²) in [5.74, 6) is 4.94. The molecule has 21 heavy (non-hydrogen) atoms. The molecule has 0 aromatic heterocycles. The van der Waals surface area contributed by atoms with E-state index in [4.69, 9.17) is 0 Å². The lowest BCUT2D eigenvalue weighted by molar-refractivity contribution is -0.136. The maximum atomic E-state index is 12.2. The smallest absolute Gasteiger partial charge is 0.243 e. The van der Waals surface area contributed by atoms with Crippen molar-refractivity contribution in [1.29, 1.82) is 0 Å². The van der Waals surface area contributed by atoms with Crippen LogP contribution in [0.15, 0.2) is 12.7 Å². The Bertz CT molecular complexity index is 426. The van der Waals surface area contributed by atoms with E-state index >= 15 is 0 Å². The highest BCUT2D eigenvalue weighted by Crippen LogP contribution is 2.62. The largest absolute Gasteiger partial charge is 0.346 e. The van der Waals surface area contributed by atoms with Crippen molar-refractivity contribution in [3.05, 3.63) is 12.7 Å². The van der Waals surface area contributed by atoms with Crippen LogP contribution in [0.5, 0.6) is 0 Å². The van der Waals surface area contributed by atoms with Crippen molar-refractivity contribution < 1.29 is 4.79 Å². The van der Waals surface area contributed by atoms with Gasteiger partial charge in [0.25, 0.3) is 0 Å². The van der Waals surface area contributed by atoms with Crippen LogP contribution in [0.4, 0.5) is 0 Å². The van der Waals surface area contributed by atoms with Gasteiger partial charge in [-0.25, -0.2) is 0 Å². The van der Waals surface area contributed by atoms with Crippen molar-refractivity contribution >= 4 is 5.91 Å². The van der Waals surface area contributed by atoms with Gasteiger partial charge in [-0.05, 0) is 80.1 Å². The van der Waals surface area contributed by atoms with Gasteiger partial charge in [0.2, 0.25) is 5.91 Å². The van der Waals surface area contributed by atoms with E-state index in [-0.39, 0.29) is 11.4 Å². The van der Waals surface area contributed by atoms with Crippen LogP contribution in [0.25, 0.3) is 0 Å². The van der Waals surface area contributed by atoms with Crippen LogP contribution >= 0.6 is 0 Å². The van der Waals surface area contributed by atoms with Gasteiger partial charge in [-0.3, -0.25) is 4.79 Å². The topological polar surface area (TPSA) is 29.1 Å². The average molecular weight is 287 g/mol. The number of hydrogen-bond acceptors (Lipinski definition) is 1. The second kappa shape index (κ2) is 4.86. The van der Waals surface area contributed by atoms with Crippen LogP contribution in [-0.4, -0.2) is 11.4 Å². The summed E-state index contributed by atoms with van der Waals surface area (Å²) in [5.41, 5.74) is 0.106. The standard InChI is InChI=1S/C19H29NO/c1-3-18(21)20-19(17-6-4-5-12(17)2)15-8-13-7-14(10-15)11-16(19)9-13/h3,12-17H,1,4-11H2,2H3,(H,20,21). The van der Waals surface area contributed by atoms with E-state index in [0.717, 1.165) is 29.6 Å². The molecule has 2 heteroatoms. The minimum atomic E-state index is 0.0709. The first-order valence-corrected chi connectivity index (χ1v) is 9.08. The van der Waals surface area contributed by atoms with Gasteiger partial charge < -0.3 is 5.32 Å². The molecule has 116 valence electrons. The zero-order valence-electron chi connectivity index (χ0n) is 13.3. The number of amides is 1. The average Bonchev–Trinajstić information content (AvgIpc) is 2.88. The molecule has 0 heterocycles. The van der Waals surface area contributed by atoms with Gasteiger partial charge in [0.05, 0.1) is 0 Å². The van der Waals surface area contributed by atoms with Gasteiger partial charge in [-0.2, -0.15) is 0 Å². The summed E-state index contributed by atoms with van der Waals surface area (Å²) in [5, 5.41) is 3.54. The minimum absolute atomic E-state index is 0.0709. The van der Waals surface area contributed by atoms with Crippen molar-refractivity contribution in [1.82, 2.24) is 5.32 Å². The zero-order chi connectivity index (χ0) is 14.6. The summed E-state index contributed by atoms with van der Waals surface area (Å²) in [7, 11) is 0. The second-order valence-electron chi connectivity index (χ2n) is 8.45. The highest BCUT2D eigenvalue weighted by Gasteiger charge is 2.61. The SMILES string of the molecule is C=CC(=O)NC1(C2CCCC2C)C2CC3CC(C2)CC1C3. The molecule has 5 saturated carbocycles. The number of hydrogen-bond donors (Lipinski definition) is 1. The second-order valence-corrected chi connectivity index (χ2v) is 8.45. The van der Waals surface area contributed by atoms with Crippen LogP contribution < -0.4 is 5.32 Å². The van der Waals surface area contributed by atoms with Gasteiger partial charge >= 0.3 is 0 Å². The molecule has 2 nitrogen and oxygen atoms in total. The molecule has 0 radical (unpaired) electrons. The first-order chi connectivity index (χ1) is 10.1. The van der Waals surface area contributed by atoms with Gasteiger partial charge in [0, 0.05) is 5.54 Å². The molecule has 2 unspecified atom stereocenters. The molecule has 0 aromatic rings. The normalized spacial score (nSPS) is 51.1. The number of carbonyl (C=O) groups is 1. The fourth-order valence-electron chi connectivity index (χ4n) is 6.99. The first-order valence-electron chi connectivity index (χ1n) is 9.08. The fraction of sp³-hybridized carbons (Fsp3) is 0.842. The van der Waals surface area contributed by atoms with E-state index in [1.807, 2.05) is 0 Å². The number of rotatable bonds is 3. The number of nitrogens with one attached hydrogen (secondary N) is 1. The van der Waals surface area contributed by atoms with E-state index in [1.54, 1.807) is 0 Å². The molecule has 2 atom stereocenters. The van der Waals surface area contributed by atoms with Crippen molar-refractivity contribution in [2.24, 2.45) is 35.5 Å². The van der Waals surface area contributed by atoms with Crippen LogP contribution in [0, 0.1) is 35.5 Å². The van der Waals surface area contributed by atoms with Crippen LogP contribution in [0.3, 0.4) is 0 Å². The molecule has 0 spiro atoms. The quantitative estimate of drug-likeness (QED) is 0.783. The lowest BCUT2D eigenvalue weighted by Gasteiger charge is -2.64. The summed E-state index contributed by atoms with van der Waals surface area (Å²) in [6.07, 6.45) is 12.5. The summed E-state index contributed by atoms with van der Waals surface area (Å²) < 4.78 is 0. The predicted octanol–water partition coefficient (Wildman–Crippen LogP) is 3.92. The maximum Gasteiger partial charge on any atom is 0.243 e. The third kappa shape index (κ3) is 1.94. The van der Waals surface area contributed by atoms with Crippen LogP contribution in [0.1, 0.15) is 58.3 Å². The Balaban J connectivity index is 1.73. The van der Waals surface area contributed by atoms with E-state index in [2.05, 4.69) is 18.8 Å². The molecule has 0 aliphatic heterocycles. The lowest BCUT2D eigenvalue weighted by atomic mass is 9.45. The first kappa shape index (κ1) is 13.8. The van der Waals surface area contributed by atoms with Crippen LogP contribution in [0.2, 0.25) is 0 Å². The maximum absolute atomic E-state index is 12.2. The van der Waals surface area contributed by atoms with Crippen molar-refractivity contribution in [2.45, 2.75) is 63.8 Å². The summed E-state index contributed by atoms with van der Waals surface area (Å²) in [6.45, 7) is 6.13. The van der Waals surface area contributed by atoms with Crippen molar-refractivity contribution in [3.63, 3.8) is 0 Å². The Kier molecular flexibility index (Phi) is 3.20. The molecule has 0 saturated heterocycles. The van der Waals surface area contributed by atoms with Crippen molar-refractivity contribution in [2.75, 3.05) is 0 Å². The monoisotopic (exact) mass is 287 g/mol. The van der Waals surface area contributed by atoms with E-state index < -0.39 is 0 Å². The van der Waals surface area contributed by atoms with Gasteiger partial charge in [0.15, 0.2) is 0 Å². The minimum Gasteiger partial charge on any atom is -0.346 e. The summed E-state index contributed by atoms with van der Waals surface area (Å²) >= 11 is 0. The molecule has 5 rings (SSSR count). The lowest BCUT2D eigenvalue weighted by Crippen LogP contribution is -2.69. The van der Waals surface area contributed by atoms with Gasteiger partial charge in [-0.15, -0.1) is 0 Å². The third-order valence-corrected chi connectivity index (χ3v) is 7.49. The van der Waals surface area contributed by atoms with Crippen molar-refractivity contribution in [3.8, 4) is 0 Å². The molecule has 1 amide bonds. The molecule has 0 aromatic carbocycles. The molecular weight excluding hydrogens is 258 g/mol. The Morgan fingerprint density at radius 1 is 1.10 bits per heavy atom. The Morgan fingerprint density at radius 3 is 2.19 bits per heavy atom. The predicted molar refractivity (Wildman–Crippen MR) is 84.6 cm³/mol. The molecule has 4 bridgehead atoms. The van der Waals surface area contributed by atoms with Crippen LogP contribution in [-0.2, 0) is 4.79 Å². The Labute approximate surface area is 128 Å². The number of carbonyl (C=O) groups excluding carboxylic acids is 1. The fourth-order valence-corrected chi connectivity index (χ4v) is 6.99. The van der Waals surface area contributed by atoms with E-state index in [1.165, 1.54) is 57.4 Å². The molecule has 5 aliphatic rings.